The van der Waals surface area contributed by atoms with Crippen LogP contribution in [0.4, 0.5) is 0 Å². The van der Waals surface area contributed by atoms with Crippen LogP contribution in [0.2, 0.25) is 0 Å². The van der Waals surface area contributed by atoms with E-state index in [2.05, 4.69) is 38.2 Å². The van der Waals surface area contributed by atoms with Crippen LogP contribution in [0, 0.1) is 0 Å². The molecule has 0 bridgehead atoms. The summed E-state index contributed by atoms with van der Waals surface area (Å²) in [6.45, 7) is 4.79. The van der Waals surface area contributed by atoms with Crippen LogP contribution in [0.5, 0.6) is 0 Å². The number of esters is 2. The Bertz CT molecular complexity index is 1300. The molecule has 0 aliphatic heterocycles. The van der Waals surface area contributed by atoms with Crippen LogP contribution in [-0.2, 0) is 33.3 Å². The molecule has 0 spiro atoms. The van der Waals surface area contributed by atoms with E-state index in [1.54, 1.807) is 0 Å². The maximum atomic E-state index is 12.9. The van der Waals surface area contributed by atoms with Gasteiger partial charge in [0.2, 0.25) is 0 Å². The topological polar surface area (TPSA) is 111 Å². The first-order chi connectivity index (χ1) is 37.1. The Labute approximate surface area is 471 Å². The predicted octanol–water partition coefficient (Wildman–Crippen LogP) is 18.5. The van der Waals surface area contributed by atoms with Gasteiger partial charge in [0.25, 0.3) is 0 Å². The average molecular weight is 1070 g/mol. The third-order valence-electron chi connectivity index (χ3n) is 15.0. The van der Waals surface area contributed by atoms with Crippen LogP contribution < -0.4 is 5.11 Å². The molecule has 2 atom stereocenters. The van der Waals surface area contributed by atoms with Gasteiger partial charge in [-0.25, -0.2) is 0 Å². The van der Waals surface area contributed by atoms with E-state index in [9.17, 15) is 19.5 Å². The van der Waals surface area contributed by atoms with E-state index < -0.39 is 24.3 Å². The summed E-state index contributed by atoms with van der Waals surface area (Å²) < 4.78 is 22.7. The molecular weight excluding hydrogens is 947 g/mol. The Morgan fingerprint density at radius 1 is 0.395 bits per heavy atom. The molecule has 0 fully saturated rings. The van der Waals surface area contributed by atoms with Crippen molar-refractivity contribution in [2.75, 3.05) is 47.5 Å². The van der Waals surface area contributed by atoms with Gasteiger partial charge in [-0.1, -0.05) is 295 Å². The molecule has 0 aromatic rings. The van der Waals surface area contributed by atoms with Crippen molar-refractivity contribution < 1.29 is 42.9 Å². The highest BCUT2D eigenvalue weighted by Crippen LogP contribution is 2.18. The van der Waals surface area contributed by atoms with Crippen molar-refractivity contribution in [2.24, 2.45) is 0 Å². The molecule has 0 radical (unpaired) electrons. The zero-order valence-electron chi connectivity index (χ0n) is 51.2. The van der Waals surface area contributed by atoms with Crippen LogP contribution in [0.3, 0.4) is 0 Å². The number of nitrogens with zero attached hydrogens (tertiary/aromatic N) is 1. The lowest BCUT2D eigenvalue weighted by Gasteiger charge is -2.26. The molecule has 0 saturated carbocycles. The Kier molecular flexibility index (Phi) is 57.2. The van der Waals surface area contributed by atoms with Crippen LogP contribution in [0.15, 0.2) is 24.3 Å². The minimum Gasteiger partial charge on any atom is -0.545 e. The summed E-state index contributed by atoms with van der Waals surface area (Å²) in [6.07, 6.45) is 68.4. The van der Waals surface area contributed by atoms with E-state index in [-0.39, 0.29) is 32.2 Å². The molecule has 9 heteroatoms. The lowest BCUT2D eigenvalue weighted by Crippen LogP contribution is -2.44. The number of carbonyl (C=O) groups is 3. The number of hydrogen-bond donors (Lipinski definition) is 0. The van der Waals surface area contributed by atoms with Crippen molar-refractivity contribution in [3.05, 3.63) is 24.3 Å². The second-order valence-corrected chi connectivity index (χ2v) is 23.8. The lowest BCUT2D eigenvalue weighted by atomic mass is 10.0. The van der Waals surface area contributed by atoms with Crippen molar-refractivity contribution in [2.45, 2.75) is 341 Å². The molecule has 0 rings (SSSR count). The predicted molar refractivity (Wildman–Crippen MR) is 320 cm³/mol. The molecule has 0 aliphatic carbocycles. The fourth-order valence-electron chi connectivity index (χ4n) is 9.87. The van der Waals surface area contributed by atoms with Gasteiger partial charge in [-0.3, -0.25) is 9.59 Å². The Morgan fingerprint density at radius 3 is 1.04 bits per heavy atom. The molecule has 0 heterocycles. The zero-order chi connectivity index (χ0) is 55.5. The highest BCUT2D eigenvalue weighted by Gasteiger charge is 2.22. The maximum absolute atomic E-state index is 12.9. The minimum absolute atomic E-state index is 0.152. The number of rotatable bonds is 62. The molecular formula is C67H127NO8. The number of carboxylic acids is 1. The first-order valence-electron chi connectivity index (χ1n) is 33.0. The number of quaternary nitrogens is 1. The van der Waals surface area contributed by atoms with Gasteiger partial charge >= 0.3 is 11.9 Å². The Balaban J connectivity index is 3.95. The molecule has 0 aliphatic rings. The Hall–Kier alpha value is -2.23. The van der Waals surface area contributed by atoms with Crippen molar-refractivity contribution in [1.82, 2.24) is 0 Å². The number of carbonyl (C=O) groups excluding carboxylic acids is 3. The van der Waals surface area contributed by atoms with Gasteiger partial charge in [-0.05, 0) is 44.9 Å². The summed E-state index contributed by atoms with van der Waals surface area (Å²) in [5.41, 5.74) is 0. The van der Waals surface area contributed by atoms with Gasteiger partial charge in [0.05, 0.1) is 40.3 Å². The second-order valence-electron chi connectivity index (χ2n) is 23.8. The van der Waals surface area contributed by atoms with Crippen LogP contribution >= 0.6 is 0 Å². The molecule has 9 nitrogen and oxygen atoms in total. The fourth-order valence-corrected chi connectivity index (χ4v) is 9.87. The number of ether oxygens (including phenoxy) is 4. The summed E-state index contributed by atoms with van der Waals surface area (Å²) in [5.74, 6) is -2.26. The molecule has 76 heavy (non-hydrogen) atoms. The highest BCUT2D eigenvalue weighted by atomic mass is 16.7. The van der Waals surface area contributed by atoms with Gasteiger partial charge < -0.3 is 33.3 Å². The van der Waals surface area contributed by atoms with E-state index in [0.717, 1.165) is 44.9 Å². The quantitative estimate of drug-likeness (QED) is 0.0195. The number of unbranched alkanes of at least 4 members (excludes halogenated alkanes) is 43. The van der Waals surface area contributed by atoms with E-state index in [1.165, 1.54) is 257 Å². The summed E-state index contributed by atoms with van der Waals surface area (Å²) in [7, 11) is 5.94. The maximum Gasteiger partial charge on any atom is 0.306 e. The standard InChI is InChI=1S/C67H127NO8/c1-6-8-10-12-14-16-18-20-22-23-24-25-26-27-28-29-30-31-32-33-34-35-36-37-38-39-40-41-42-43-44-46-48-50-52-54-56-58-65(70)76-63(62-75-67(66(71)72)73-60-59-68(3,4)5)61-74-64(69)57-55-53-51-49-47-45-21-19-17-15-13-11-9-7-2/h18,20,23-24,63,67H,6-17,19,21-22,25-62H2,1-5H3/b20-18-,24-23-. The largest absolute Gasteiger partial charge is 0.545 e. The third kappa shape index (κ3) is 59.4. The molecule has 0 amide bonds. The number of allylic oxidation sites excluding steroid dienone is 4. The van der Waals surface area contributed by atoms with E-state index in [4.69, 9.17) is 18.9 Å². The normalized spacial score (nSPS) is 12.8. The highest BCUT2D eigenvalue weighted by molar-refractivity contribution is 5.70. The lowest BCUT2D eigenvalue weighted by molar-refractivity contribution is -0.870. The second kappa shape index (κ2) is 58.9. The number of aliphatic carboxylic acids is 1. The number of hydrogen-bond acceptors (Lipinski definition) is 8. The Morgan fingerprint density at radius 2 is 0.711 bits per heavy atom. The monoisotopic (exact) mass is 1070 g/mol. The molecule has 2 unspecified atom stereocenters. The summed E-state index contributed by atoms with van der Waals surface area (Å²) in [5, 5.41) is 11.8. The van der Waals surface area contributed by atoms with Crippen molar-refractivity contribution >= 4 is 17.9 Å². The summed E-state index contributed by atoms with van der Waals surface area (Å²) in [4.78, 5) is 37.3. The summed E-state index contributed by atoms with van der Waals surface area (Å²) >= 11 is 0. The van der Waals surface area contributed by atoms with Crippen LogP contribution in [-0.4, -0.2) is 82.3 Å². The first-order valence-corrected chi connectivity index (χ1v) is 33.0. The molecule has 0 saturated heterocycles. The average Bonchev–Trinajstić information content (AvgIpc) is 3.39. The molecule has 448 valence electrons. The van der Waals surface area contributed by atoms with Crippen LogP contribution in [0.1, 0.15) is 328 Å². The van der Waals surface area contributed by atoms with E-state index in [0.29, 0.717) is 17.4 Å². The van der Waals surface area contributed by atoms with Crippen molar-refractivity contribution in [3.63, 3.8) is 0 Å². The van der Waals surface area contributed by atoms with Gasteiger partial charge in [0.1, 0.15) is 13.2 Å². The number of likely N-dealkylation sites (N-methyl/N-ethyl adjacent to an activating group) is 1. The zero-order valence-corrected chi connectivity index (χ0v) is 51.2. The minimum atomic E-state index is -1.62. The van der Waals surface area contributed by atoms with Crippen LogP contribution in [0.25, 0.3) is 0 Å². The van der Waals surface area contributed by atoms with E-state index >= 15 is 0 Å². The summed E-state index contributed by atoms with van der Waals surface area (Å²) in [6, 6.07) is 0. The number of carboxylic acid groups (broad SMARTS) is 1. The first kappa shape index (κ1) is 73.8. The smallest absolute Gasteiger partial charge is 0.306 e. The van der Waals surface area contributed by atoms with E-state index in [1.807, 2.05) is 21.1 Å². The van der Waals surface area contributed by atoms with Gasteiger partial charge in [0.15, 0.2) is 12.4 Å². The van der Waals surface area contributed by atoms with Gasteiger partial charge in [-0.2, -0.15) is 0 Å². The molecule has 0 N–H and O–H groups in total. The van der Waals surface area contributed by atoms with Crippen molar-refractivity contribution in [1.29, 1.82) is 0 Å². The SMILES string of the molecule is CCCCCCC/C=C\C/C=C\CCCCCCCCCCCCCCCCCCCCCCCCCCCC(=O)OC(COC(=O)CCCCCCCCCCCCCCCC)COC(OCC[N+](C)(C)C)C(=O)[O-]. The van der Waals surface area contributed by atoms with Gasteiger partial charge in [0, 0.05) is 12.8 Å². The molecule has 0 aromatic carbocycles. The fraction of sp³-hybridized carbons (Fsp3) is 0.896. The molecule has 0 aromatic heterocycles. The third-order valence-corrected chi connectivity index (χ3v) is 15.0. The van der Waals surface area contributed by atoms with Crippen molar-refractivity contribution in [3.8, 4) is 0 Å². The van der Waals surface area contributed by atoms with Gasteiger partial charge in [-0.15, -0.1) is 0 Å².